The van der Waals surface area contributed by atoms with Crippen LogP contribution in [0.5, 0.6) is 11.5 Å². The van der Waals surface area contributed by atoms with E-state index in [0.717, 1.165) is 38.2 Å². The van der Waals surface area contributed by atoms with Crippen molar-refractivity contribution in [2.45, 2.75) is 18.9 Å². The lowest BCUT2D eigenvalue weighted by atomic mass is 9.96. The highest BCUT2D eigenvalue weighted by Gasteiger charge is 2.26. The standard InChI is InChI=1S/C20H24ClN3O3S/c21-14-1-2-17-18(9-14)27-15(12-26-17)11-24-6-3-13(4-7-24)10-23-20(25)19-16(22)5-8-28-19/h1-2,5,8-9,13,15H,3-4,6-7,10-12,22H2,(H,23,25)/t15-/m0/s1. The SMILES string of the molecule is Nc1ccsc1C(=O)NCC1CCN(C[C@H]2COc3ccc(Cl)cc3O2)CC1. The molecule has 1 aromatic heterocycles. The summed E-state index contributed by atoms with van der Waals surface area (Å²) in [7, 11) is 0. The zero-order valence-corrected chi connectivity index (χ0v) is 17.1. The monoisotopic (exact) mass is 421 g/mol. The summed E-state index contributed by atoms with van der Waals surface area (Å²) >= 11 is 7.42. The van der Waals surface area contributed by atoms with Gasteiger partial charge in [0.25, 0.3) is 5.91 Å². The molecule has 28 heavy (non-hydrogen) atoms. The Bertz CT molecular complexity index is 836. The van der Waals surface area contributed by atoms with Crippen molar-refractivity contribution < 1.29 is 14.3 Å². The minimum Gasteiger partial charge on any atom is -0.486 e. The fourth-order valence-corrected chi connectivity index (χ4v) is 4.56. The van der Waals surface area contributed by atoms with Crippen LogP contribution in [0.1, 0.15) is 22.5 Å². The molecule has 3 N–H and O–H groups in total. The first-order chi connectivity index (χ1) is 13.6. The van der Waals surface area contributed by atoms with E-state index in [2.05, 4.69) is 10.2 Å². The number of nitrogens with zero attached hydrogens (tertiary/aromatic N) is 1. The van der Waals surface area contributed by atoms with E-state index in [9.17, 15) is 4.79 Å². The lowest BCUT2D eigenvalue weighted by Gasteiger charge is -2.35. The van der Waals surface area contributed by atoms with Gasteiger partial charge in [-0.1, -0.05) is 11.6 Å². The van der Waals surface area contributed by atoms with E-state index < -0.39 is 0 Å². The van der Waals surface area contributed by atoms with Crippen molar-refractivity contribution >= 4 is 34.5 Å². The molecule has 0 spiro atoms. The topological polar surface area (TPSA) is 76.8 Å². The number of thiophene rings is 1. The number of rotatable bonds is 5. The van der Waals surface area contributed by atoms with Gasteiger partial charge in [0.15, 0.2) is 11.5 Å². The maximum absolute atomic E-state index is 12.2. The third-order valence-electron chi connectivity index (χ3n) is 5.25. The molecule has 6 nitrogen and oxygen atoms in total. The molecule has 1 saturated heterocycles. The van der Waals surface area contributed by atoms with Crippen LogP contribution in [0, 0.1) is 5.92 Å². The van der Waals surface area contributed by atoms with Gasteiger partial charge in [0.05, 0.1) is 5.69 Å². The van der Waals surface area contributed by atoms with E-state index in [4.69, 9.17) is 26.8 Å². The number of ether oxygens (including phenoxy) is 2. The molecular weight excluding hydrogens is 398 g/mol. The summed E-state index contributed by atoms with van der Waals surface area (Å²) in [4.78, 5) is 15.2. The number of hydrogen-bond acceptors (Lipinski definition) is 6. The first-order valence-corrected chi connectivity index (χ1v) is 10.8. The van der Waals surface area contributed by atoms with E-state index >= 15 is 0 Å². The van der Waals surface area contributed by atoms with Crippen molar-refractivity contribution in [2.24, 2.45) is 5.92 Å². The number of likely N-dealkylation sites (tertiary alicyclic amines) is 1. The fourth-order valence-electron chi connectivity index (χ4n) is 3.66. The molecule has 3 heterocycles. The molecule has 1 atom stereocenters. The summed E-state index contributed by atoms with van der Waals surface area (Å²) in [6, 6.07) is 7.22. The second kappa shape index (κ2) is 8.59. The molecule has 0 aliphatic carbocycles. The first-order valence-electron chi connectivity index (χ1n) is 9.51. The molecule has 2 aromatic rings. The number of carbonyl (C=O) groups excluding carboxylic acids is 1. The van der Waals surface area contributed by atoms with Gasteiger partial charge >= 0.3 is 0 Å². The third kappa shape index (κ3) is 4.54. The predicted octanol–water partition coefficient (Wildman–Crippen LogP) is 3.27. The van der Waals surface area contributed by atoms with E-state index in [1.54, 1.807) is 18.2 Å². The summed E-state index contributed by atoms with van der Waals surface area (Å²) < 4.78 is 11.9. The van der Waals surface area contributed by atoms with Crippen LogP contribution in [-0.4, -0.2) is 49.7 Å². The molecule has 0 saturated carbocycles. The molecule has 0 bridgehead atoms. The number of hydrogen-bond donors (Lipinski definition) is 2. The molecule has 8 heteroatoms. The number of nitrogens with two attached hydrogens (primary N) is 1. The highest BCUT2D eigenvalue weighted by atomic mass is 35.5. The van der Waals surface area contributed by atoms with Crippen molar-refractivity contribution in [3.63, 3.8) is 0 Å². The van der Waals surface area contributed by atoms with Crippen LogP contribution in [0.4, 0.5) is 5.69 Å². The summed E-state index contributed by atoms with van der Waals surface area (Å²) in [5, 5.41) is 5.51. The third-order valence-corrected chi connectivity index (χ3v) is 6.41. The van der Waals surface area contributed by atoms with Gasteiger partial charge in [-0.05, 0) is 55.4 Å². The largest absolute Gasteiger partial charge is 0.486 e. The Balaban J connectivity index is 1.21. The molecular formula is C20H24ClN3O3S. The predicted molar refractivity (Wildman–Crippen MR) is 112 cm³/mol. The van der Waals surface area contributed by atoms with Crippen LogP contribution < -0.4 is 20.5 Å². The summed E-state index contributed by atoms with van der Waals surface area (Å²) in [5.41, 5.74) is 6.36. The number of fused-ring (bicyclic) bond motifs is 1. The molecule has 1 amide bonds. The molecule has 0 radical (unpaired) electrons. The average molecular weight is 422 g/mol. The molecule has 1 fully saturated rings. The number of amides is 1. The molecule has 150 valence electrons. The normalized spacial score (nSPS) is 20.1. The zero-order chi connectivity index (χ0) is 19.5. The number of halogens is 1. The molecule has 0 unspecified atom stereocenters. The Morgan fingerprint density at radius 1 is 1.29 bits per heavy atom. The molecule has 4 rings (SSSR count). The number of anilines is 1. The van der Waals surface area contributed by atoms with Gasteiger partial charge in [-0.3, -0.25) is 9.69 Å². The van der Waals surface area contributed by atoms with Gasteiger partial charge in [0, 0.05) is 24.2 Å². The van der Waals surface area contributed by atoms with Crippen molar-refractivity contribution in [3.05, 3.63) is 39.5 Å². The van der Waals surface area contributed by atoms with Crippen LogP contribution in [0.25, 0.3) is 0 Å². The van der Waals surface area contributed by atoms with Crippen molar-refractivity contribution in [1.82, 2.24) is 10.2 Å². The van der Waals surface area contributed by atoms with Gasteiger partial charge in [-0.15, -0.1) is 11.3 Å². The Morgan fingerprint density at radius 3 is 2.86 bits per heavy atom. The lowest BCUT2D eigenvalue weighted by Crippen LogP contribution is -2.45. The second-order valence-corrected chi connectivity index (χ2v) is 8.65. The van der Waals surface area contributed by atoms with E-state index in [1.807, 2.05) is 11.4 Å². The lowest BCUT2D eigenvalue weighted by molar-refractivity contribution is 0.0476. The van der Waals surface area contributed by atoms with Gasteiger partial charge in [-0.25, -0.2) is 0 Å². The molecule has 2 aliphatic rings. The maximum Gasteiger partial charge on any atom is 0.263 e. The first kappa shape index (κ1) is 19.4. The summed E-state index contributed by atoms with van der Waals surface area (Å²) in [6.07, 6.45) is 2.11. The van der Waals surface area contributed by atoms with E-state index in [-0.39, 0.29) is 12.0 Å². The number of piperidine rings is 1. The van der Waals surface area contributed by atoms with E-state index in [0.29, 0.717) is 40.4 Å². The zero-order valence-electron chi connectivity index (χ0n) is 15.5. The minimum atomic E-state index is -0.0694. The van der Waals surface area contributed by atoms with Gasteiger partial charge in [0.2, 0.25) is 0 Å². The smallest absolute Gasteiger partial charge is 0.263 e. The highest BCUT2D eigenvalue weighted by molar-refractivity contribution is 7.12. The van der Waals surface area contributed by atoms with Crippen LogP contribution in [-0.2, 0) is 0 Å². The van der Waals surface area contributed by atoms with Crippen molar-refractivity contribution in [2.75, 3.05) is 38.5 Å². The number of carbonyl (C=O) groups is 1. The van der Waals surface area contributed by atoms with Crippen LogP contribution in [0.2, 0.25) is 5.02 Å². The molecule has 1 aromatic carbocycles. The van der Waals surface area contributed by atoms with Gasteiger partial charge < -0.3 is 20.5 Å². The Labute approximate surface area is 173 Å². The molecule has 2 aliphatic heterocycles. The Kier molecular flexibility index (Phi) is 5.94. The average Bonchev–Trinajstić information content (AvgIpc) is 3.13. The number of nitrogen functional groups attached to an aromatic ring is 1. The second-order valence-electron chi connectivity index (χ2n) is 7.30. The Morgan fingerprint density at radius 2 is 2.11 bits per heavy atom. The quantitative estimate of drug-likeness (QED) is 0.774. The van der Waals surface area contributed by atoms with Gasteiger partial charge in [0.1, 0.15) is 17.6 Å². The van der Waals surface area contributed by atoms with Crippen LogP contribution >= 0.6 is 22.9 Å². The highest BCUT2D eigenvalue weighted by Crippen LogP contribution is 2.34. The van der Waals surface area contributed by atoms with Crippen molar-refractivity contribution in [1.29, 1.82) is 0 Å². The van der Waals surface area contributed by atoms with Crippen molar-refractivity contribution in [3.8, 4) is 11.5 Å². The van der Waals surface area contributed by atoms with Gasteiger partial charge in [-0.2, -0.15) is 0 Å². The number of benzene rings is 1. The number of nitrogens with one attached hydrogen (secondary N) is 1. The summed E-state index contributed by atoms with van der Waals surface area (Å²) in [6.45, 7) is 4.05. The minimum absolute atomic E-state index is 0.00373. The fraction of sp³-hybridized carbons (Fsp3) is 0.450. The Hall–Kier alpha value is -1.96. The maximum atomic E-state index is 12.2. The van der Waals surface area contributed by atoms with Crippen LogP contribution in [0.3, 0.4) is 0 Å². The van der Waals surface area contributed by atoms with E-state index in [1.165, 1.54) is 11.3 Å². The summed E-state index contributed by atoms with van der Waals surface area (Å²) in [5.74, 6) is 1.89. The van der Waals surface area contributed by atoms with Crippen LogP contribution in [0.15, 0.2) is 29.6 Å².